The zero-order valence-corrected chi connectivity index (χ0v) is 15.2. The molecule has 0 spiro atoms. The van der Waals surface area contributed by atoms with E-state index in [4.69, 9.17) is 0 Å². The van der Waals surface area contributed by atoms with E-state index in [0.717, 1.165) is 39.1 Å². The topological polar surface area (TPSA) is 51.0 Å². The Morgan fingerprint density at radius 2 is 1.88 bits per heavy atom. The second-order valence-electron chi connectivity index (χ2n) is 6.42. The van der Waals surface area contributed by atoms with Crippen LogP contribution < -0.4 is 5.56 Å². The highest BCUT2D eigenvalue weighted by atomic mass is 32.1. The van der Waals surface area contributed by atoms with E-state index in [2.05, 4.69) is 14.9 Å². The van der Waals surface area contributed by atoms with Crippen molar-refractivity contribution in [3.8, 4) is 5.69 Å². The molecule has 5 nitrogen and oxygen atoms in total. The van der Waals surface area contributed by atoms with Gasteiger partial charge < -0.3 is 4.90 Å². The summed E-state index contributed by atoms with van der Waals surface area (Å²) in [5, 5.41) is 0.990. The lowest BCUT2D eigenvalue weighted by molar-refractivity contribution is 0.404. The highest BCUT2D eigenvalue weighted by molar-refractivity contribution is 7.25. The van der Waals surface area contributed by atoms with Crippen LogP contribution in [-0.4, -0.2) is 33.5 Å². The molecule has 3 aromatic heterocycles. The molecule has 0 aliphatic carbocycles. The Bertz CT molecular complexity index is 1130. The summed E-state index contributed by atoms with van der Waals surface area (Å²) in [4.78, 5) is 25.0. The average Bonchev–Trinajstić information content (AvgIpc) is 2.96. The van der Waals surface area contributed by atoms with Crippen molar-refractivity contribution < 1.29 is 0 Å². The molecule has 4 aromatic rings. The normalized spacial score (nSPS) is 11.7. The Labute approximate surface area is 149 Å². The van der Waals surface area contributed by atoms with Gasteiger partial charge in [0, 0.05) is 18.1 Å². The lowest BCUT2D eigenvalue weighted by atomic mass is 10.1. The molecule has 3 heterocycles. The first kappa shape index (κ1) is 15.9. The van der Waals surface area contributed by atoms with E-state index in [9.17, 15) is 4.79 Å². The summed E-state index contributed by atoms with van der Waals surface area (Å²) in [6, 6.07) is 9.86. The van der Waals surface area contributed by atoms with Gasteiger partial charge in [-0.25, -0.2) is 9.97 Å². The van der Waals surface area contributed by atoms with E-state index in [1.807, 2.05) is 51.4 Å². The van der Waals surface area contributed by atoms with Crippen molar-refractivity contribution in [1.82, 2.24) is 19.4 Å². The third kappa shape index (κ3) is 2.73. The first-order valence-corrected chi connectivity index (χ1v) is 8.86. The Morgan fingerprint density at radius 1 is 1.12 bits per heavy atom. The number of pyridine rings is 1. The van der Waals surface area contributed by atoms with Crippen LogP contribution in [0.4, 0.5) is 0 Å². The molecule has 0 N–H and O–H groups in total. The molecule has 0 aliphatic rings. The van der Waals surface area contributed by atoms with Crippen LogP contribution in [0.15, 0.2) is 47.7 Å². The van der Waals surface area contributed by atoms with Crippen molar-refractivity contribution >= 4 is 31.8 Å². The third-order valence-electron chi connectivity index (χ3n) is 4.17. The maximum absolute atomic E-state index is 13.0. The zero-order valence-electron chi connectivity index (χ0n) is 14.4. The Morgan fingerprint density at radius 3 is 2.60 bits per heavy atom. The molecule has 0 amide bonds. The smallest absolute Gasteiger partial charge is 0.275 e. The minimum atomic E-state index is -0.0485. The molecule has 6 heteroatoms. The average molecular weight is 350 g/mol. The van der Waals surface area contributed by atoms with Crippen LogP contribution >= 0.6 is 11.3 Å². The Kier molecular flexibility index (Phi) is 3.86. The SMILES string of the molecule is Cc1ccc(-n2cnc3c(sc4nccc(CN(C)C)c43)c2=O)cc1. The Balaban J connectivity index is 1.98. The summed E-state index contributed by atoms with van der Waals surface area (Å²) >= 11 is 1.42. The van der Waals surface area contributed by atoms with Crippen molar-refractivity contribution in [2.75, 3.05) is 14.1 Å². The number of thiophene rings is 1. The van der Waals surface area contributed by atoms with Gasteiger partial charge in [0.1, 0.15) is 15.9 Å². The van der Waals surface area contributed by atoms with Crippen LogP contribution in [0.3, 0.4) is 0 Å². The van der Waals surface area contributed by atoms with Gasteiger partial charge in [0.15, 0.2) is 0 Å². The number of hydrogen-bond acceptors (Lipinski definition) is 5. The summed E-state index contributed by atoms with van der Waals surface area (Å²) in [7, 11) is 4.05. The van der Waals surface area contributed by atoms with Gasteiger partial charge in [0.25, 0.3) is 5.56 Å². The molecule has 126 valence electrons. The second kappa shape index (κ2) is 6.06. The van der Waals surface area contributed by atoms with Gasteiger partial charge in [-0.05, 0) is 44.8 Å². The third-order valence-corrected chi connectivity index (χ3v) is 5.24. The van der Waals surface area contributed by atoms with Crippen molar-refractivity contribution in [2.24, 2.45) is 0 Å². The highest BCUT2D eigenvalue weighted by Crippen LogP contribution is 2.31. The quantitative estimate of drug-likeness (QED) is 0.568. The van der Waals surface area contributed by atoms with E-state index in [0.29, 0.717) is 4.70 Å². The number of rotatable bonds is 3. The van der Waals surface area contributed by atoms with Gasteiger partial charge in [-0.15, -0.1) is 11.3 Å². The van der Waals surface area contributed by atoms with Gasteiger partial charge in [0.05, 0.1) is 11.2 Å². The fraction of sp³-hybridized carbons (Fsp3) is 0.211. The summed E-state index contributed by atoms with van der Waals surface area (Å²) in [5.74, 6) is 0. The van der Waals surface area contributed by atoms with Crippen molar-refractivity contribution in [1.29, 1.82) is 0 Å². The van der Waals surface area contributed by atoms with Gasteiger partial charge in [-0.3, -0.25) is 9.36 Å². The molecular formula is C19H18N4OS. The van der Waals surface area contributed by atoms with Crippen molar-refractivity contribution in [3.05, 3.63) is 64.3 Å². The number of nitrogens with zero attached hydrogens (tertiary/aromatic N) is 4. The molecule has 25 heavy (non-hydrogen) atoms. The zero-order chi connectivity index (χ0) is 17.6. The molecule has 0 saturated heterocycles. The van der Waals surface area contributed by atoms with Crippen LogP contribution in [0.2, 0.25) is 0 Å². The standard InChI is InChI=1S/C19H18N4OS/c1-12-4-6-14(7-5-12)23-11-21-16-15-13(10-22(2)3)8-9-20-18(15)25-17(16)19(23)24/h4-9,11H,10H2,1-3H3. The van der Waals surface area contributed by atoms with Crippen LogP contribution in [0, 0.1) is 6.92 Å². The van der Waals surface area contributed by atoms with Gasteiger partial charge in [-0.1, -0.05) is 17.7 Å². The summed E-state index contributed by atoms with van der Waals surface area (Å²) in [5.41, 5.74) is 3.82. The lowest BCUT2D eigenvalue weighted by Crippen LogP contribution is -2.17. The number of benzene rings is 1. The first-order valence-electron chi connectivity index (χ1n) is 8.04. The fourth-order valence-electron chi connectivity index (χ4n) is 2.98. The van der Waals surface area contributed by atoms with E-state index in [-0.39, 0.29) is 5.56 Å². The molecule has 0 bridgehead atoms. The largest absolute Gasteiger partial charge is 0.305 e. The molecule has 4 rings (SSSR count). The molecule has 0 fully saturated rings. The summed E-state index contributed by atoms with van der Waals surface area (Å²) in [6.07, 6.45) is 3.42. The molecule has 0 aliphatic heterocycles. The Hall–Kier alpha value is -2.57. The van der Waals surface area contributed by atoms with Crippen molar-refractivity contribution in [3.63, 3.8) is 0 Å². The second-order valence-corrected chi connectivity index (χ2v) is 7.42. The number of hydrogen-bond donors (Lipinski definition) is 0. The predicted octanol–water partition coefficient (Wildman–Crippen LogP) is 3.37. The number of aromatic nitrogens is 3. The van der Waals surface area contributed by atoms with E-state index < -0.39 is 0 Å². The highest BCUT2D eigenvalue weighted by Gasteiger charge is 2.16. The number of fused-ring (bicyclic) bond motifs is 3. The molecule has 0 atom stereocenters. The molecule has 0 saturated carbocycles. The predicted molar refractivity (Wildman–Crippen MR) is 103 cm³/mol. The van der Waals surface area contributed by atoms with Crippen LogP contribution in [0.1, 0.15) is 11.1 Å². The lowest BCUT2D eigenvalue weighted by Gasteiger charge is -2.10. The van der Waals surface area contributed by atoms with E-state index in [1.165, 1.54) is 11.3 Å². The number of aryl methyl sites for hydroxylation is 1. The maximum Gasteiger partial charge on any atom is 0.275 e. The minimum Gasteiger partial charge on any atom is -0.305 e. The van der Waals surface area contributed by atoms with E-state index in [1.54, 1.807) is 17.1 Å². The molecule has 1 aromatic carbocycles. The van der Waals surface area contributed by atoms with Crippen molar-refractivity contribution in [2.45, 2.75) is 13.5 Å². The van der Waals surface area contributed by atoms with Gasteiger partial charge >= 0.3 is 0 Å². The van der Waals surface area contributed by atoms with Crippen LogP contribution in [0.25, 0.3) is 26.1 Å². The maximum atomic E-state index is 13.0. The first-order chi connectivity index (χ1) is 12.0. The molecule has 0 radical (unpaired) electrons. The minimum absolute atomic E-state index is 0.0485. The fourth-order valence-corrected chi connectivity index (χ4v) is 4.05. The monoisotopic (exact) mass is 350 g/mol. The van der Waals surface area contributed by atoms with Crippen LogP contribution in [0.5, 0.6) is 0 Å². The molecule has 0 unspecified atom stereocenters. The summed E-state index contributed by atoms with van der Waals surface area (Å²) in [6.45, 7) is 2.81. The molecular weight excluding hydrogens is 332 g/mol. The van der Waals surface area contributed by atoms with E-state index >= 15 is 0 Å². The summed E-state index contributed by atoms with van der Waals surface area (Å²) < 4.78 is 2.25. The van der Waals surface area contributed by atoms with Gasteiger partial charge in [0.2, 0.25) is 0 Å². The van der Waals surface area contributed by atoms with Gasteiger partial charge in [-0.2, -0.15) is 0 Å². The van der Waals surface area contributed by atoms with Crippen LogP contribution in [-0.2, 0) is 6.54 Å².